The third-order valence-corrected chi connectivity index (χ3v) is 4.80. The van der Waals surface area contributed by atoms with Gasteiger partial charge in [0.1, 0.15) is 6.61 Å². The van der Waals surface area contributed by atoms with Crippen LogP contribution in [0.2, 0.25) is 5.02 Å². The van der Waals surface area contributed by atoms with Gasteiger partial charge in [-0.15, -0.1) is 0 Å². The monoisotopic (exact) mass is 323 g/mol. The van der Waals surface area contributed by atoms with E-state index in [4.69, 9.17) is 21.1 Å². The van der Waals surface area contributed by atoms with Crippen molar-refractivity contribution in [3.05, 3.63) is 34.9 Å². The van der Waals surface area contributed by atoms with Gasteiger partial charge in [0.05, 0.1) is 18.2 Å². The predicted molar refractivity (Wildman–Crippen MR) is 84.9 cm³/mol. The maximum absolute atomic E-state index is 12.2. The molecule has 0 aromatic heterocycles. The first-order chi connectivity index (χ1) is 10.7. The van der Waals surface area contributed by atoms with E-state index in [1.807, 2.05) is 24.3 Å². The molecule has 1 N–H and O–H groups in total. The number of carbonyl (C=O) groups is 1. The quantitative estimate of drug-likeness (QED) is 0.875. The lowest BCUT2D eigenvalue weighted by Gasteiger charge is -2.43. The molecule has 1 saturated heterocycles. The van der Waals surface area contributed by atoms with Crippen LogP contribution in [0.25, 0.3) is 0 Å². The van der Waals surface area contributed by atoms with Crippen molar-refractivity contribution in [3.8, 4) is 0 Å². The molecule has 2 fully saturated rings. The van der Waals surface area contributed by atoms with E-state index in [9.17, 15) is 4.79 Å². The van der Waals surface area contributed by atoms with Crippen LogP contribution in [-0.4, -0.2) is 31.8 Å². The first kappa shape index (κ1) is 15.8. The first-order valence-electron chi connectivity index (χ1n) is 7.94. The molecule has 120 valence electrons. The second kappa shape index (κ2) is 6.99. The number of halogens is 1. The molecule has 1 amide bonds. The van der Waals surface area contributed by atoms with Crippen LogP contribution >= 0.6 is 11.6 Å². The molecule has 0 unspecified atom stereocenters. The summed E-state index contributed by atoms with van der Waals surface area (Å²) in [6.45, 7) is 1.40. The average molecular weight is 324 g/mol. The van der Waals surface area contributed by atoms with Crippen molar-refractivity contribution in [2.24, 2.45) is 0 Å². The molecular formula is C17H22ClNO3. The molecule has 1 aromatic carbocycles. The largest absolute Gasteiger partial charge is 0.376 e. The van der Waals surface area contributed by atoms with Crippen LogP contribution in [0.15, 0.2) is 24.3 Å². The van der Waals surface area contributed by atoms with Gasteiger partial charge in [0.15, 0.2) is 0 Å². The Balaban J connectivity index is 1.51. The molecule has 1 heterocycles. The Hall–Kier alpha value is -1.10. The van der Waals surface area contributed by atoms with Gasteiger partial charge in [0.25, 0.3) is 0 Å². The number of benzene rings is 1. The normalized spacial score (nSPS) is 23.0. The summed E-state index contributed by atoms with van der Waals surface area (Å²) in [4.78, 5) is 12.2. The molecule has 1 aliphatic heterocycles. The summed E-state index contributed by atoms with van der Waals surface area (Å²) >= 11 is 5.94. The lowest BCUT2D eigenvalue weighted by atomic mass is 9.72. The Kier molecular flexibility index (Phi) is 5.01. The lowest BCUT2D eigenvalue weighted by Crippen LogP contribution is -2.51. The molecule has 0 spiro atoms. The molecule has 3 rings (SSSR count). The first-order valence-corrected chi connectivity index (χ1v) is 8.32. The molecule has 1 aromatic rings. The average Bonchev–Trinajstić information content (AvgIpc) is 2.97. The Morgan fingerprint density at radius 2 is 2.09 bits per heavy atom. The Bertz CT molecular complexity index is 507. The van der Waals surface area contributed by atoms with Crippen molar-refractivity contribution in [1.29, 1.82) is 0 Å². The van der Waals surface area contributed by atoms with Crippen molar-refractivity contribution >= 4 is 17.5 Å². The molecule has 2 aliphatic rings. The van der Waals surface area contributed by atoms with Crippen LogP contribution in [0.5, 0.6) is 0 Å². The fourth-order valence-corrected chi connectivity index (χ4v) is 3.27. The summed E-state index contributed by atoms with van der Waals surface area (Å²) in [7, 11) is 0. The molecule has 0 bridgehead atoms. The van der Waals surface area contributed by atoms with Crippen LogP contribution in [0, 0.1) is 0 Å². The van der Waals surface area contributed by atoms with Crippen LogP contribution in [0.3, 0.4) is 0 Å². The summed E-state index contributed by atoms with van der Waals surface area (Å²) in [6, 6.07) is 7.73. The van der Waals surface area contributed by atoms with E-state index in [0.717, 1.165) is 44.3 Å². The van der Waals surface area contributed by atoms with Crippen molar-refractivity contribution in [3.63, 3.8) is 0 Å². The zero-order valence-corrected chi connectivity index (χ0v) is 13.4. The van der Waals surface area contributed by atoms with E-state index in [1.165, 1.54) is 0 Å². The van der Waals surface area contributed by atoms with Gasteiger partial charge in [0.2, 0.25) is 5.91 Å². The fourth-order valence-electron chi connectivity index (χ4n) is 3.15. The van der Waals surface area contributed by atoms with Gasteiger partial charge in [-0.2, -0.15) is 0 Å². The molecular weight excluding hydrogens is 302 g/mol. The highest BCUT2D eigenvalue weighted by Crippen LogP contribution is 2.41. The van der Waals surface area contributed by atoms with Crippen LogP contribution in [0.1, 0.15) is 37.7 Å². The second-order valence-corrected chi connectivity index (χ2v) is 6.58. The van der Waals surface area contributed by atoms with E-state index >= 15 is 0 Å². The Morgan fingerprint density at radius 1 is 1.32 bits per heavy atom. The molecule has 1 atom stereocenters. The third-order valence-electron chi connectivity index (χ3n) is 4.54. The Morgan fingerprint density at radius 3 is 2.68 bits per heavy atom. The van der Waals surface area contributed by atoms with Gasteiger partial charge in [-0.1, -0.05) is 23.7 Å². The minimum absolute atomic E-state index is 0.0624. The topological polar surface area (TPSA) is 47.6 Å². The maximum Gasteiger partial charge on any atom is 0.246 e. The van der Waals surface area contributed by atoms with Gasteiger partial charge in [-0.05, 0) is 49.8 Å². The van der Waals surface area contributed by atoms with Gasteiger partial charge >= 0.3 is 0 Å². The summed E-state index contributed by atoms with van der Waals surface area (Å²) < 4.78 is 11.0. The van der Waals surface area contributed by atoms with Crippen LogP contribution in [-0.2, 0) is 19.8 Å². The molecule has 5 heteroatoms. The maximum atomic E-state index is 12.2. The van der Waals surface area contributed by atoms with Gasteiger partial charge in [-0.25, -0.2) is 0 Å². The van der Waals surface area contributed by atoms with Crippen molar-refractivity contribution < 1.29 is 14.3 Å². The van der Waals surface area contributed by atoms with Crippen molar-refractivity contribution in [2.45, 2.75) is 43.7 Å². The zero-order chi connectivity index (χ0) is 15.4. The van der Waals surface area contributed by atoms with E-state index in [1.54, 1.807) is 0 Å². The van der Waals surface area contributed by atoms with Crippen LogP contribution in [0.4, 0.5) is 0 Å². The van der Waals surface area contributed by atoms with Gasteiger partial charge < -0.3 is 14.8 Å². The number of ether oxygens (including phenoxy) is 2. The number of nitrogens with one attached hydrogen (secondary N) is 1. The highest BCUT2D eigenvalue weighted by atomic mass is 35.5. The minimum atomic E-state index is -0.241. The van der Waals surface area contributed by atoms with Crippen LogP contribution < -0.4 is 5.32 Å². The smallest absolute Gasteiger partial charge is 0.246 e. The van der Waals surface area contributed by atoms with E-state index < -0.39 is 0 Å². The summed E-state index contributed by atoms with van der Waals surface area (Å²) in [5, 5.41) is 3.86. The van der Waals surface area contributed by atoms with E-state index in [0.29, 0.717) is 11.6 Å². The standard InChI is InChI=1S/C17H22ClNO3/c18-14-6-4-13(5-7-14)17(8-2-9-17)19-16(20)12-21-11-15-3-1-10-22-15/h4-7,15H,1-3,8-12H2,(H,19,20)/t15-/m0/s1. The molecule has 0 radical (unpaired) electrons. The minimum Gasteiger partial charge on any atom is -0.376 e. The number of hydrogen-bond donors (Lipinski definition) is 1. The van der Waals surface area contributed by atoms with Crippen molar-refractivity contribution in [2.75, 3.05) is 19.8 Å². The second-order valence-electron chi connectivity index (χ2n) is 6.14. The highest BCUT2D eigenvalue weighted by Gasteiger charge is 2.39. The summed E-state index contributed by atoms with van der Waals surface area (Å²) in [5.74, 6) is -0.0624. The number of rotatable bonds is 6. The molecule has 1 aliphatic carbocycles. The Labute approximate surface area is 136 Å². The van der Waals surface area contributed by atoms with Crippen molar-refractivity contribution in [1.82, 2.24) is 5.32 Å². The fraction of sp³-hybridized carbons (Fsp3) is 0.588. The van der Waals surface area contributed by atoms with E-state index in [-0.39, 0.29) is 24.2 Å². The molecule has 1 saturated carbocycles. The summed E-state index contributed by atoms with van der Waals surface area (Å²) in [6.07, 6.45) is 5.32. The molecule has 22 heavy (non-hydrogen) atoms. The lowest BCUT2D eigenvalue weighted by molar-refractivity contribution is -0.130. The predicted octanol–water partition coefficient (Wildman–Crippen LogP) is 3.03. The molecule has 4 nitrogen and oxygen atoms in total. The number of amides is 1. The van der Waals surface area contributed by atoms with E-state index in [2.05, 4.69) is 5.32 Å². The summed E-state index contributed by atoms with van der Waals surface area (Å²) in [5.41, 5.74) is 0.880. The van der Waals surface area contributed by atoms with Gasteiger partial charge in [0, 0.05) is 11.6 Å². The number of carbonyl (C=O) groups excluding carboxylic acids is 1. The number of hydrogen-bond acceptors (Lipinski definition) is 3. The zero-order valence-electron chi connectivity index (χ0n) is 12.6. The van der Waals surface area contributed by atoms with Gasteiger partial charge in [-0.3, -0.25) is 4.79 Å². The SMILES string of the molecule is O=C(COC[C@@H]1CCCO1)NC1(c2ccc(Cl)cc2)CCC1. The third kappa shape index (κ3) is 3.62. The highest BCUT2D eigenvalue weighted by molar-refractivity contribution is 6.30.